The van der Waals surface area contributed by atoms with Crippen LogP contribution in [0.5, 0.6) is 0 Å². The molecule has 1 fully saturated rings. The second-order valence-electron chi connectivity index (χ2n) is 11.2. The molecule has 1 rings (SSSR count). The molecule has 0 spiro atoms. The second kappa shape index (κ2) is 16.4. The molecule has 1 heterocycles. The third-order valence-corrected chi connectivity index (χ3v) is 7.87. The molecular weight excluding hydrogens is 488 g/mol. The zero-order valence-corrected chi connectivity index (χ0v) is 25.4. The summed E-state index contributed by atoms with van der Waals surface area (Å²) >= 11 is 1.67. The van der Waals surface area contributed by atoms with Crippen LogP contribution in [-0.2, 0) is 14.4 Å². The SMILES string of the molecule is CSCC[C@@H](CO)NC(=O)/C(C)=C/[C@H](C(C)C)N(C)C(=O)[C@@H](NC(=O)C1CCCCN1C(C)C)C(C)C. The van der Waals surface area contributed by atoms with Crippen molar-refractivity contribution in [1.29, 1.82) is 0 Å². The molecule has 0 saturated carbocycles. The normalized spacial score (nSPS) is 19.6. The van der Waals surface area contributed by atoms with Gasteiger partial charge in [0.1, 0.15) is 6.04 Å². The number of nitrogens with one attached hydrogen (secondary N) is 2. The first-order valence-electron chi connectivity index (χ1n) is 13.8. The van der Waals surface area contributed by atoms with E-state index in [1.54, 1.807) is 30.6 Å². The number of likely N-dealkylation sites (tertiary alicyclic amines) is 1. The Hall–Kier alpha value is -1.58. The lowest BCUT2D eigenvalue weighted by atomic mass is 9.95. The average Bonchev–Trinajstić information content (AvgIpc) is 2.86. The number of aliphatic hydroxyl groups is 1. The van der Waals surface area contributed by atoms with E-state index < -0.39 is 6.04 Å². The van der Waals surface area contributed by atoms with Crippen molar-refractivity contribution in [3.05, 3.63) is 11.6 Å². The topological polar surface area (TPSA) is 102 Å². The van der Waals surface area contributed by atoms with E-state index in [0.717, 1.165) is 31.6 Å². The summed E-state index contributed by atoms with van der Waals surface area (Å²) in [5.41, 5.74) is 0.501. The van der Waals surface area contributed by atoms with E-state index in [4.69, 9.17) is 0 Å². The number of carbonyl (C=O) groups excluding carboxylic acids is 3. The number of thioether (sulfide) groups is 1. The van der Waals surface area contributed by atoms with Crippen LogP contribution in [-0.4, -0.2) is 95.0 Å². The number of carbonyl (C=O) groups is 3. The van der Waals surface area contributed by atoms with Gasteiger partial charge in [-0.15, -0.1) is 0 Å². The van der Waals surface area contributed by atoms with Gasteiger partial charge in [-0.3, -0.25) is 19.3 Å². The summed E-state index contributed by atoms with van der Waals surface area (Å²) in [6.45, 7) is 14.6. The van der Waals surface area contributed by atoms with Crippen molar-refractivity contribution in [3.63, 3.8) is 0 Å². The predicted molar refractivity (Wildman–Crippen MR) is 153 cm³/mol. The maximum Gasteiger partial charge on any atom is 0.246 e. The Kier molecular flexibility index (Phi) is 14.8. The summed E-state index contributed by atoms with van der Waals surface area (Å²) in [7, 11) is 1.74. The number of nitrogens with zero attached hydrogens (tertiary/aromatic N) is 2. The van der Waals surface area contributed by atoms with Crippen molar-refractivity contribution >= 4 is 29.5 Å². The number of hydrogen-bond donors (Lipinski definition) is 3. The van der Waals surface area contributed by atoms with Crippen molar-refractivity contribution in [2.24, 2.45) is 11.8 Å². The quantitative estimate of drug-likeness (QED) is 0.293. The zero-order chi connectivity index (χ0) is 28.3. The van der Waals surface area contributed by atoms with Gasteiger partial charge < -0.3 is 20.6 Å². The molecule has 0 aliphatic carbocycles. The molecule has 1 unspecified atom stereocenters. The van der Waals surface area contributed by atoms with E-state index in [9.17, 15) is 19.5 Å². The van der Waals surface area contributed by atoms with Gasteiger partial charge in [0.15, 0.2) is 0 Å². The van der Waals surface area contributed by atoms with Crippen LogP contribution in [0.25, 0.3) is 0 Å². The third kappa shape index (κ3) is 10.2. The van der Waals surface area contributed by atoms with Gasteiger partial charge in [-0.25, -0.2) is 0 Å². The van der Waals surface area contributed by atoms with Crippen molar-refractivity contribution < 1.29 is 19.5 Å². The molecule has 0 aromatic carbocycles. The highest BCUT2D eigenvalue weighted by Gasteiger charge is 2.36. The maximum atomic E-state index is 13.7. The molecule has 37 heavy (non-hydrogen) atoms. The minimum atomic E-state index is -0.650. The van der Waals surface area contributed by atoms with Crippen LogP contribution < -0.4 is 10.6 Å². The lowest BCUT2D eigenvalue weighted by Gasteiger charge is -2.39. The van der Waals surface area contributed by atoms with E-state index in [0.29, 0.717) is 12.0 Å². The van der Waals surface area contributed by atoms with Crippen LogP contribution in [0.1, 0.15) is 74.1 Å². The Labute approximate surface area is 229 Å². The van der Waals surface area contributed by atoms with Crippen LogP contribution in [0.15, 0.2) is 11.6 Å². The van der Waals surface area contributed by atoms with Gasteiger partial charge in [0.25, 0.3) is 0 Å². The fraction of sp³-hybridized carbons (Fsp3) is 0.821. The Morgan fingerprint density at radius 3 is 2.24 bits per heavy atom. The first-order valence-corrected chi connectivity index (χ1v) is 15.2. The molecule has 1 aliphatic rings. The van der Waals surface area contributed by atoms with E-state index in [-0.39, 0.29) is 60.3 Å². The van der Waals surface area contributed by atoms with Gasteiger partial charge in [-0.05, 0) is 70.4 Å². The summed E-state index contributed by atoms with van der Waals surface area (Å²) in [6, 6.07) is -1.22. The van der Waals surface area contributed by atoms with Gasteiger partial charge in [-0.1, -0.05) is 40.2 Å². The second-order valence-corrected chi connectivity index (χ2v) is 12.2. The van der Waals surface area contributed by atoms with Gasteiger partial charge in [0, 0.05) is 18.7 Å². The number of amides is 3. The third-order valence-electron chi connectivity index (χ3n) is 7.22. The molecule has 214 valence electrons. The number of likely N-dealkylation sites (N-methyl/N-ethyl adjacent to an activating group) is 1. The Morgan fingerprint density at radius 1 is 1.08 bits per heavy atom. The van der Waals surface area contributed by atoms with Crippen molar-refractivity contribution in [3.8, 4) is 0 Å². The highest BCUT2D eigenvalue weighted by atomic mass is 32.2. The van der Waals surface area contributed by atoms with Crippen LogP contribution in [0.3, 0.4) is 0 Å². The molecule has 0 radical (unpaired) electrons. The zero-order valence-electron chi connectivity index (χ0n) is 24.5. The van der Waals surface area contributed by atoms with E-state index in [1.165, 1.54) is 0 Å². The predicted octanol–water partition coefficient (Wildman–Crippen LogP) is 3.05. The van der Waals surface area contributed by atoms with Crippen LogP contribution in [0.4, 0.5) is 0 Å². The Bertz CT molecular complexity index is 771. The highest BCUT2D eigenvalue weighted by Crippen LogP contribution is 2.21. The summed E-state index contributed by atoms with van der Waals surface area (Å²) in [4.78, 5) is 43.7. The summed E-state index contributed by atoms with van der Waals surface area (Å²) in [6.07, 6.45) is 7.40. The Morgan fingerprint density at radius 2 is 1.73 bits per heavy atom. The number of piperidine rings is 1. The highest BCUT2D eigenvalue weighted by molar-refractivity contribution is 7.98. The minimum Gasteiger partial charge on any atom is -0.394 e. The van der Waals surface area contributed by atoms with Crippen LogP contribution in [0, 0.1) is 11.8 Å². The summed E-state index contributed by atoms with van der Waals surface area (Å²) in [5, 5.41) is 15.6. The van der Waals surface area contributed by atoms with Crippen molar-refractivity contribution in [1.82, 2.24) is 20.4 Å². The van der Waals surface area contributed by atoms with E-state index >= 15 is 0 Å². The molecule has 4 atom stereocenters. The van der Waals surface area contributed by atoms with Gasteiger partial charge in [0.2, 0.25) is 17.7 Å². The molecule has 0 aromatic heterocycles. The largest absolute Gasteiger partial charge is 0.394 e. The summed E-state index contributed by atoms with van der Waals surface area (Å²) in [5.74, 6) is 0.329. The maximum absolute atomic E-state index is 13.7. The van der Waals surface area contributed by atoms with E-state index in [2.05, 4.69) is 29.4 Å². The fourth-order valence-electron chi connectivity index (χ4n) is 4.83. The molecule has 3 amide bonds. The van der Waals surface area contributed by atoms with E-state index in [1.807, 2.05) is 40.0 Å². The molecule has 0 bridgehead atoms. The molecule has 0 aromatic rings. The van der Waals surface area contributed by atoms with Crippen molar-refractivity contribution in [2.45, 2.75) is 104 Å². The molecule has 1 saturated heterocycles. The number of hydrogen-bond acceptors (Lipinski definition) is 6. The monoisotopic (exact) mass is 540 g/mol. The van der Waals surface area contributed by atoms with Gasteiger partial charge in [-0.2, -0.15) is 11.8 Å². The standard InChI is InChI=1S/C28H52N4O4S/c1-18(2)24(16-21(7)26(34)29-22(17-33)13-15-37-9)31(8)28(36)25(19(3)4)30-27(35)23-12-10-11-14-32(23)20(5)6/h16,18-20,22-25,33H,10-15,17H2,1-9H3,(H,29,34)(H,30,35)/b21-16+/t22-,23?,24+,25-/m0/s1. The number of rotatable bonds is 14. The molecule has 9 heteroatoms. The Balaban J connectivity index is 3.03. The first kappa shape index (κ1) is 33.4. The molecule has 8 nitrogen and oxygen atoms in total. The fourth-order valence-corrected chi connectivity index (χ4v) is 5.35. The first-order chi connectivity index (χ1) is 17.3. The summed E-state index contributed by atoms with van der Waals surface area (Å²) < 4.78 is 0. The average molecular weight is 541 g/mol. The molecular formula is C28H52N4O4S. The van der Waals surface area contributed by atoms with Gasteiger partial charge >= 0.3 is 0 Å². The minimum absolute atomic E-state index is 0.0557. The van der Waals surface area contributed by atoms with Crippen molar-refractivity contribution in [2.75, 3.05) is 32.2 Å². The lowest BCUT2D eigenvalue weighted by Crippen LogP contribution is -2.58. The number of aliphatic hydroxyl groups excluding tert-OH is 1. The molecule has 3 N–H and O–H groups in total. The lowest BCUT2D eigenvalue weighted by molar-refractivity contribution is -0.140. The molecule has 1 aliphatic heterocycles. The van der Waals surface area contributed by atoms with Crippen LogP contribution >= 0.6 is 11.8 Å². The van der Waals surface area contributed by atoms with Gasteiger partial charge in [0.05, 0.1) is 24.7 Å². The smallest absolute Gasteiger partial charge is 0.246 e. The van der Waals surface area contributed by atoms with Crippen LogP contribution in [0.2, 0.25) is 0 Å².